The van der Waals surface area contributed by atoms with Crippen molar-refractivity contribution in [2.75, 3.05) is 7.11 Å². The fourth-order valence-corrected chi connectivity index (χ4v) is 3.34. The topological polar surface area (TPSA) is 66.8 Å². The van der Waals surface area contributed by atoms with Gasteiger partial charge in [0.1, 0.15) is 6.10 Å². The summed E-state index contributed by atoms with van der Waals surface area (Å²) in [5.74, 6) is -0.847. The number of hydrogen-bond acceptors (Lipinski definition) is 4. The van der Waals surface area contributed by atoms with Crippen LogP contribution in [0.5, 0.6) is 0 Å². The monoisotopic (exact) mass is 312 g/mol. The maximum absolute atomic E-state index is 11.4. The third kappa shape index (κ3) is 2.35. The molecule has 0 radical (unpaired) electrons. The average Bonchev–Trinajstić information content (AvgIpc) is 2.81. The molecular weight excluding hydrogens is 292 g/mol. The standard InChI is InChI=1S/C19H20O4/c1-19(2)14-7-5-4-6-12(14)13-9-8-11(10-15(13)19)16(20)17(21)18(22)23-3/h4-10,16-17,20-21H,1-3H3. The molecule has 0 aromatic heterocycles. The summed E-state index contributed by atoms with van der Waals surface area (Å²) in [6.45, 7) is 4.26. The quantitative estimate of drug-likeness (QED) is 0.855. The molecule has 2 aromatic carbocycles. The number of aliphatic hydroxyl groups excluding tert-OH is 2. The lowest BCUT2D eigenvalue weighted by Gasteiger charge is -2.23. The Hall–Kier alpha value is -2.17. The molecule has 0 saturated heterocycles. The third-order valence-electron chi connectivity index (χ3n) is 4.69. The number of fused-ring (bicyclic) bond motifs is 3. The first kappa shape index (κ1) is 15.7. The first-order chi connectivity index (χ1) is 10.9. The van der Waals surface area contributed by atoms with Crippen LogP contribution in [-0.4, -0.2) is 29.4 Å². The zero-order valence-corrected chi connectivity index (χ0v) is 13.4. The van der Waals surface area contributed by atoms with Gasteiger partial charge in [0.15, 0.2) is 6.10 Å². The van der Waals surface area contributed by atoms with Gasteiger partial charge in [-0.25, -0.2) is 4.79 Å². The summed E-state index contributed by atoms with van der Waals surface area (Å²) in [7, 11) is 1.18. The van der Waals surface area contributed by atoms with Gasteiger partial charge >= 0.3 is 5.97 Å². The highest BCUT2D eigenvalue weighted by atomic mass is 16.5. The number of aliphatic hydroxyl groups is 2. The minimum Gasteiger partial charge on any atom is -0.467 e. The maximum Gasteiger partial charge on any atom is 0.337 e. The van der Waals surface area contributed by atoms with Crippen LogP contribution in [0, 0.1) is 0 Å². The Balaban J connectivity index is 2.05. The van der Waals surface area contributed by atoms with Gasteiger partial charge in [0, 0.05) is 5.41 Å². The van der Waals surface area contributed by atoms with E-state index in [-0.39, 0.29) is 5.41 Å². The van der Waals surface area contributed by atoms with E-state index in [0.717, 1.165) is 11.1 Å². The van der Waals surface area contributed by atoms with Crippen molar-refractivity contribution in [2.24, 2.45) is 0 Å². The van der Waals surface area contributed by atoms with Gasteiger partial charge in [-0.1, -0.05) is 56.3 Å². The predicted octanol–water partition coefficient (Wildman–Crippen LogP) is 2.56. The van der Waals surface area contributed by atoms with E-state index in [1.165, 1.54) is 18.2 Å². The summed E-state index contributed by atoms with van der Waals surface area (Å²) >= 11 is 0. The highest BCUT2D eigenvalue weighted by Gasteiger charge is 2.36. The fraction of sp³-hybridized carbons (Fsp3) is 0.316. The number of esters is 1. The van der Waals surface area contributed by atoms with Crippen molar-refractivity contribution in [2.45, 2.75) is 31.5 Å². The van der Waals surface area contributed by atoms with E-state index >= 15 is 0 Å². The first-order valence-electron chi connectivity index (χ1n) is 7.56. The summed E-state index contributed by atoms with van der Waals surface area (Å²) in [5, 5.41) is 20.1. The molecule has 2 N–H and O–H groups in total. The van der Waals surface area contributed by atoms with E-state index in [1.54, 1.807) is 6.07 Å². The second kappa shape index (κ2) is 5.48. The molecule has 0 saturated carbocycles. The summed E-state index contributed by atoms with van der Waals surface area (Å²) in [6, 6.07) is 13.8. The van der Waals surface area contributed by atoms with Crippen molar-refractivity contribution in [1.82, 2.24) is 0 Å². The van der Waals surface area contributed by atoms with E-state index < -0.39 is 18.2 Å². The van der Waals surface area contributed by atoms with Crippen LogP contribution in [0.4, 0.5) is 0 Å². The molecule has 0 spiro atoms. The molecule has 0 heterocycles. The highest BCUT2D eigenvalue weighted by molar-refractivity contribution is 5.81. The average molecular weight is 312 g/mol. The molecule has 0 amide bonds. The van der Waals surface area contributed by atoms with E-state index in [4.69, 9.17) is 0 Å². The van der Waals surface area contributed by atoms with Crippen LogP contribution < -0.4 is 0 Å². The molecule has 120 valence electrons. The first-order valence-corrected chi connectivity index (χ1v) is 7.56. The third-order valence-corrected chi connectivity index (χ3v) is 4.69. The number of hydrogen-bond donors (Lipinski definition) is 2. The van der Waals surface area contributed by atoms with Gasteiger partial charge < -0.3 is 14.9 Å². The lowest BCUT2D eigenvalue weighted by Crippen LogP contribution is -2.29. The van der Waals surface area contributed by atoms with Crippen molar-refractivity contribution in [3.8, 4) is 11.1 Å². The highest BCUT2D eigenvalue weighted by Crippen LogP contribution is 2.49. The molecule has 4 heteroatoms. The van der Waals surface area contributed by atoms with E-state index in [9.17, 15) is 15.0 Å². The molecule has 1 aliphatic carbocycles. The van der Waals surface area contributed by atoms with Crippen LogP contribution >= 0.6 is 0 Å². The Morgan fingerprint density at radius 1 is 1.04 bits per heavy atom. The molecule has 4 nitrogen and oxygen atoms in total. The normalized spacial score (nSPS) is 17.1. The number of benzene rings is 2. The van der Waals surface area contributed by atoms with Crippen LogP contribution in [0.1, 0.15) is 36.6 Å². The van der Waals surface area contributed by atoms with Gasteiger partial charge in [-0.3, -0.25) is 0 Å². The summed E-state index contributed by atoms with van der Waals surface area (Å²) in [5.41, 5.74) is 4.92. The molecule has 1 aliphatic rings. The van der Waals surface area contributed by atoms with Gasteiger partial charge in [0.2, 0.25) is 0 Å². The van der Waals surface area contributed by atoms with Crippen molar-refractivity contribution in [1.29, 1.82) is 0 Å². The smallest absolute Gasteiger partial charge is 0.337 e. The lowest BCUT2D eigenvalue weighted by molar-refractivity contribution is -0.156. The van der Waals surface area contributed by atoms with Gasteiger partial charge in [0.25, 0.3) is 0 Å². The van der Waals surface area contributed by atoms with Crippen LogP contribution in [0.15, 0.2) is 42.5 Å². The minimum atomic E-state index is -1.59. The summed E-state index contributed by atoms with van der Waals surface area (Å²) in [6.07, 6.45) is -2.91. The molecule has 0 fully saturated rings. The largest absolute Gasteiger partial charge is 0.467 e. The fourth-order valence-electron chi connectivity index (χ4n) is 3.34. The molecule has 2 aromatic rings. The molecule has 3 rings (SSSR count). The number of rotatable bonds is 3. The molecule has 2 unspecified atom stereocenters. The molecule has 23 heavy (non-hydrogen) atoms. The van der Waals surface area contributed by atoms with E-state index in [1.807, 2.05) is 24.3 Å². The second-order valence-corrected chi connectivity index (χ2v) is 6.39. The van der Waals surface area contributed by atoms with Crippen LogP contribution in [-0.2, 0) is 14.9 Å². The Labute approximate surface area is 135 Å². The van der Waals surface area contributed by atoms with Gasteiger partial charge in [-0.15, -0.1) is 0 Å². The van der Waals surface area contributed by atoms with Crippen molar-refractivity contribution in [3.63, 3.8) is 0 Å². The van der Waals surface area contributed by atoms with Crippen molar-refractivity contribution in [3.05, 3.63) is 59.2 Å². The number of ether oxygens (including phenoxy) is 1. The van der Waals surface area contributed by atoms with Gasteiger partial charge in [-0.05, 0) is 27.8 Å². The summed E-state index contributed by atoms with van der Waals surface area (Å²) in [4.78, 5) is 11.4. The number of carbonyl (C=O) groups excluding carboxylic acids is 1. The van der Waals surface area contributed by atoms with Crippen molar-refractivity contribution < 1.29 is 19.7 Å². The maximum atomic E-state index is 11.4. The minimum absolute atomic E-state index is 0.197. The molecular formula is C19H20O4. The number of carbonyl (C=O) groups is 1. The van der Waals surface area contributed by atoms with Crippen LogP contribution in [0.25, 0.3) is 11.1 Å². The Kier molecular flexibility index (Phi) is 3.74. The van der Waals surface area contributed by atoms with Gasteiger partial charge in [0.05, 0.1) is 7.11 Å². The second-order valence-electron chi connectivity index (χ2n) is 6.39. The number of methoxy groups -OCH3 is 1. The van der Waals surface area contributed by atoms with Gasteiger partial charge in [-0.2, -0.15) is 0 Å². The van der Waals surface area contributed by atoms with Crippen LogP contribution in [0.2, 0.25) is 0 Å². The SMILES string of the molecule is COC(=O)C(O)C(O)c1ccc2c(c1)C(C)(C)c1ccccc1-2. The molecule has 0 aliphatic heterocycles. The Morgan fingerprint density at radius 3 is 2.39 bits per heavy atom. The Morgan fingerprint density at radius 2 is 1.70 bits per heavy atom. The zero-order valence-electron chi connectivity index (χ0n) is 13.4. The lowest BCUT2D eigenvalue weighted by atomic mass is 9.81. The summed E-state index contributed by atoms with van der Waals surface area (Å²) < 4.78 is 4.49. The Bertz CT molecular complexity index is 764. The van der Waals surface area contributed by atoms with E-state index in [0.29, 0.717) is 5.56 Å². The zero-order chi connectivity index (χ0) is 16.8. The molecule has 2 atom stereocenters. The van der Waals surface area contributed by atoms with Crippen molar-refractivity contribution >= 4 is 5.97 Å². The predicted molar refractivity (Wildman–Crippen MR) is 87.0 cm³/mol. The van der Waals surface area contributed by atoms with E-state index in [2.05, 4.69) is 30.7 Å². The van der Waals surface area contributed by atoms with Crippen LogP contribution in [0.3, 0.4) is 0 Å². The molecule has 0 bridgehead atoms.